The van der Waals surface area contributed by atoms with Crippen LogP contribution >= 0.6 is 0 Å². The highest BCUT2D eigenvalue weighted by Gasteiger charge is 2.30. The lowest BCUT2D eigenvalue weighted by atomic mass is 10.00. The molecule has 1 aliphatic heterocycles. The van der Waals surface area contributed by atoms with Crippen molar-refractivity contribution in [3.8, 4) is 11.5 Å². The van der Waals surface area contributed by atoms with Crippen LogP contribution in [0.25, 0.3) is 10.9 Å². The first-order valence-corrected chi connectivity index (χ1v) is 12.2. The molecular weight excluding hydrogens is 479 g/mol. The number of halogens is 1. The Morgan fingerprint density at radius 3 is 2.57 bits per heavy atom. The Morgan fingerprint density at radius 1 is 1.14 bits per heavy atom. The Bertz CT molecular complexity index is 1440. The lowest BCUT2D eigenvalue weighted by molar-refractivity contribution is 0.106. The van der Waals surface area contributed by atoms with Crippen LogP contribution in [0.3, 0.4) is 0 Å². The van der Waals surface area contributed by atoms with Gasteiger partial charge < -0.3 is 19.6 Å². The van der Waals surface area contributed by atoms with Crippen molar-refractivity contribution in [2.75, 3.05) is 26.4 Å². The van der Waals surface area contributed by atoms with Crippen LogP contribution in [0.4, 0.5) is 4.39 Å². The van der Waals surface area contributed by atoms with E-state index in [0.29, 0.717) is 54.7 Å². The summed E-state index contributed by atoms with van der Waals surface area (Å²) in [7, 11) is 0. The average Bonchev–Trinajstić information content (AvgIpc) is 3.32. The molecule has 3 heterocycles. The summed E-state index contributed by atoms with van der Waals surface area (Å²) in [5.41, 5.74) is 1.84. The van der Waals surface area contributed by atoms with E-state index in [1.807, 2.05) is 30.9 Å². The number of pyridine rings is 1. The minimum absolute atomic E-state index is 0.0571. The molecule has 37 heavy (non-hydrogen) atoms. The Labute approximate surface area is 212 Å². The molecule has 0 bridgehead atoms. The Kier molecular flexibility index (Phi) is 7.15. The first-order valence-electron chi connectivity index (χ1n) is 12.2. The van der Waals surface area contributed by atoms with E-state index in [0.717, 1.165) is 10.9 Å². The van der Waals surface area contributed by atoms with Crippen molar-refractivity contribution in [1.29, 1.82) is 0 Å². The molecule has 5 rings (SSSR count). The summed E-state index contributed by atoms with van der Waals surface area (Å²) >= 11 is 0. The molecule has 11 heteroatoms. The third-order valence-electron chi connectivity index (χ3n) is 6.44. The molecule has 0 saturated carbocycles. The van der Waals surface area contributed by atoms with Gasteiger partial charge >= 0.3 is 0 Å². The Morgan fingerprint density at radius 2 is 1.86 bits per heavy atom. The predicted molar refractivity (Wildman–Crippen MR) is 134 cm³/mol. The number of fused-ring (bicyclic) bond motifs is 2. The fourth-order valence-electron chi connectivity index (χ4n) is 4.75. The van der Waals surface area contributed by atoms with Crippen LogP contribution in [0.2, 0.25) is 0 Å². The lowest BCUT2D eigenvalue weighted by Crippen LogP contribution is -2.37. The first kappa shape index (κ1) is 24.8. The van der Waals surface area contributed by atoms with Crippen LogP contribution in [-0.2, 0) is 13.1 Å². The average molecular weight is 509 g/mol. The number of ether oxygens (including phenoxy) is 2. The zero-order valence-corrected chi connectivity index (χ0v) is 20.7. The van der Waals surface area contributed by atoms with E-state index in [1.165, 1.54) is 12.1 Å². The molecule has 2 aromatic heterocycles. The highest BCUT2D eigenvalue weighted by atomic mass is 19.1. The molecule has 10 nitrogen and oxygen atoms in total. The van der Waals surface area contributed by atoms with Gasteiger partial charge in [0.15, 0.2) is 17.3 Å². The molecule has 0 unspecified atom stereocenters. The number of aliphatic hydroxyl groups excluding tert-OH is 1. The fourth-order valence-corrected chi connectivity index (χ4v) is 4.75. The molecule has 0 radical (unpaired) electrons. The van der Waals surface area contributed by atoms with Gasteiger partial charge in [0, 0.05) is 30.1 Å². The van der Waals surface area contributed by atoms with Crippen LogP contribution in [-0.4, -0.2) is 61.6 Å². The summed E-state index contributed by atoms with van der Waals surface area (Å²) < 4.78 is 26.4. The SMILES string of the molecule is CC(C)[C@@H](c1nnnn1Cc1ccc(F)cc1)N(CCO)Cc1cc2cc3c(cc2[nH]c1=O)OCCO3. The molecule has 0 aliphatic carbocycles. The van der Waals surface area contributed by atoms with E-state index in [-0.39, 0.29) is 36.5 Å². The Hall–Kier alpha value is -3.83. The molecule has 1 aliphatic rings. The van der Waals surface area contributed by atoms with Crippen LogP contribution < -0.4 is 15.0 Å². The van der Waals surface area contributed by atoms with Crippen LogP contribution in [0.5, 0.6) is 11.5 Å². The molecule has 2 aromatic carbocycles. The quantitative estimate of drug-likeness (QED) is 0.354. The van der Waals surface area contributed by atoms with Crippen molar-refractivity contribution in [1.82, 2.24) is 30.1 Å². The molecule has 1 atom stereocenters. The molecule has 194 valence electrons. The second-order valence-corrected chi connectivity index (χ2v) is 9.41. The first-order chi connectivity index (χ1) is 17.9. The standard InChI is InChI=1S/C26H29FN6O4/c1-16(2)24(25-29-30-31-33(25)14-17-3-5-20(27)6-4-17)32(7-8-34)15-19-11-18-12-22-23(37-10-9-36-22)13-21(18)28-26(19)35/h3-6,11-13,16,24,34H,7-10,14-15H2,1-2H3,(H,28,35)/t24-/m0/s1. The van der Waals surface area contributed by atoms with E-state index in [1.54, 1.807) is 22.9 Å². The zero-order chi connectivity index (χ0) is 25.9. The lowest BCUT2D eigenvalue weighted by Gasteiger charge is -2.33. The maximum Gasteiger partial charge on any atom is 0.252 e. The number of aromatic nitrogens is 5. The third kappa shape index (κ3) is 5.32. The van der Waals surface area contributed by atoms with E-state index >= 15 is 0 Å². The zero-order valence-electron chi connectivity index (χ0n) is 20.7. The number of tetrazole rings is 1. The van der Waals surface area contributed by atoms with Crippen LogP contribution in [0, 0.1) is 11.7 Å². The molecule has 4 aromatic rings. The van der Waals surface area contributed by atoms with Gasteiger partial charge in [-0.2, -0.15) is 0 Å². The molecule has 0 fully saturated rings. The molecule has 2 N–H and O–H groups in total. The van der Waals surface area contributed by atoms with Crippen molar-refractivity contribution < 1.29 is 19.0 Å². The van der Waals surface area contributed by atoms with Gasteiger partial charge in [-0.05, 0) is 46.2 Å². The number of hydrogen-bond donors (Lipinski definition) is 2. The minimum Gasteiger partial charge on any atom is -0.486 e. The van der Waals surface area contributed by atoms with Gasteiger partial charge in [-0.25, -0.2) is 9.07 Å². The van der Waals surface area contributed by atoms with Crippen LogP contribution in [0.1, 0.15) is 36.8 Å². The number of aliphatic hydroxyl groups is 1. The maximum atomic E-state index is 13.4. The van der Waals surface area contributed by atoms with Gasteiger partial charge in [0.2, 0.25) is 0 Å². The minimum atomic E-state index is -0.310. The number of nitrogens with one attached hydrogen (secondary N) is 1. The monoisotopic (exact) mass is 508 g/mol. The second kappa shape index (κ2) is 10.7. The summed E-state index contributed by atoms with van der Waals surface area (Å²) in [5, 5.41) is 23.1. The number of H-pyrrole nitrogens is 1. The number of nitrogens with zero attached hydrogens (tertiary/aromatic N) is 5. The third-order valence-corrected chi connectivity index (χ3v) is 6.44. The van der Waals surface area contributed by atoms with E-state index < -0.39 is 0 Å². The summed E-state index contributed by atoms with van der Waals surface area (Å²) in [5.74, 6) is 1.60. The maximum absolute atomic E-state index is 13.4. The van der Waals surface area contributed by atoms with Gasteiger partial charge in [-0.3, -0.25) is 9.69 Å². The Balaban J connectivity index is 1.47. The topological polar surface area (TPSA) is 118 Å². The summed E-state index contributed by atoms with van der Waals surface area (Å²) in [4.78, 5) is 18.0. The second-order valence-electron chi connectivity index (χ2n) is 9.41. The van der Waals surface area contributed by atoms with E-state index in [4.69, 9.17) is 9.47 Å². The number of benzene rings is 2. The molecule has 0 spiro atoms. The highest BCUT2D eigenvalue weighted by molar-refractivity contribution is 5.83. The van der Waals surface area contributed by atoms with Crippen molar-refractivity contribution >= 4 is 10.9 Å². The van der Waals surface area contributed by atoms with Gasteiger partial charge in [-0.15, -0.1) is 5.10 Å². The van der Waals surface area contributed by atoms with Gasteiger partial charge in [-0.1, -0.05) is 26.0 Å². The number of rotatable bonds is 9. The largest absolute Gasteiger partial charge is 0.486 e. The van der Waals surface area contributed by atoms with Crippen LogP contribution in [0.15, 0.2) is 47.3 Å². The van der Waals surface area contributed by atoms with Crippen molar-refractivity contribution in [3.05, 3.63) is 75.6 Å². The van der Waals surface area contributed by atoms with Crippen molar-refractivity contribution in [2.45, 2.75) is 33.0 Å². The molecule has 0 saturated heterocycles. The molecule has 0 amide bonds. The van der Waals surface area contributed by atoms with Gasteiger partial charge in [0.05, 0.1) is 24.7 Å². The molecular formula is C26H29FN6O4. The smallest absolute Gasteiger partial charge is 0.252 e. The summed E-state index contributed by atoms with van der Waals surface area (Å²) in [6, 6.07) is 11.4. The number of aromatic amines is 1. The predicted octanol–water partition coefficient (Wildman–Crippen LogP) is 2.66. The van der Waals surface area contributed by atoms with Crippen molar-refractivity contribution in [2.24, 2.45) is 5.92 Å². The fraction of sp³-hybridized carbons (Fsp3) is 0.385. The summed E-state index contributed by atoms with van der Waals surface area (Å²) in [6.45, 7) is 5.86. The van der Waals surface area contributed by atoms with E-state index in [2.05, 4.69) is 20.5 Å². The van der Waals surface area contributed by atoms with E-state index in [9.17, 15) is 14.3 Å². The van der Waals surface area contributed by atoms with Gasteiger partial charge in [0.1, 0.15) is 19.0 Å². The van der Waals surface area contributed by atoms with Crippen molar-refractivity contribution in [3.63, 3.8) is 0 Å². The summed E-state index contributed by atoms with van der Waals surface area (Å²) in [6.07, 6.45) is 0. The number of hydrogen-bond acceptors (Lipinski definition) is 8. The highest BCUT2D eigenvalue weighted by Crippen LogP contribution is 2.34. The van der Waals surface area contributed by atoms with Gasteiger partial charge in [0.25, 0.3) is 5.56 Å². The normalized spacial score (nSPS) is 14.0.